The van der Waals surface area contributed by atoms with Crippen molar-refractivity contribution < 1.29 is 15.3 Å². The van der Waals surface area contributed by atoms with Gasteiger partial charge in [-0.15, -0.1) is 0 Å². The monoisotopic (exact) mass is 245 g/mol. The van der Waals surface area contributed by atoms with Crippen LogP contribution in [0.3, 0.4) is 0 Å². The van der Waals surface area contributed by atoms with Crippen molar-refractivity contribution in [1.82, 2.24) is 0 Å². The second-order valence-corrected chi connectivity index (χ2v) is 4.05. The number of hydrogen-bond acceptors (Lipinski definition) is 4. The van der Waals surface area contributed by atoms with Crippen molar-refractivity contribution >= 4 is 5.69 Å². The number of nitrogen functional groups attached to an aromatic ring is 1. The zero-order valence-corrected chi connectivity index (χ0v) is 9.80. The van der Waals surface area contributed by atoms with E-state index < -0.39 is 0 Å². The van der Waals surface area contributed by atoms with Crippen molar-refractivity contribution in [2.75, 3.05) is 12.3 Å². The summed E-state index contributed by atoms with van der Waals surface area (Å²) in [6.07, 6.45) is 0.471. The van der Waals surface area contributed by atoms with E-state index in [-0.39, 0.29) is 18.1 Å². The maximum absolute atomic E-state index is 9.83. The molecule has 2 rings (SSSR count). The van der Waals surface area contributed by atoms with Crippen LogP contribution in [-0.2, 0) is 6.42 Å². The number of benzene rings is 2. The highest BCUT2D eigenvalue weighted by Gasteiger charge is 2.10. The highest BCUT2D eigenvalue weighted by Crippen LogP contribution is 2.36. The van der Waals surface area contributed by atoms with Crippen LogP contribution in [0.4, 0.5) is 5.69 Å². The summed E-state index contributed by atoms with van der Waals surface area (Å²) in [5.74, 6) is -0.0239. The summed E-state index contributed by atoms with van der Waals surface area (Å²) >= 11 is 0. The average molecular weight is 245 g/mol. The lowest BCUT2D eigenvalue weighted by Gasteiger charge is -2.12. The number of para-hydroxylation sites is 1. The van der Waals surface area contributed by atoms with Crippen molar-refractivity contribution in [3.05, 3.63) is 42.0 Å². The molecule has 4 nitrogen and oxygen atoms in total. The molecule has 0 radical (unpaired) electrons. The summed E-state index contributed by atoms with van der Waals surface area (Å²) in [5.41, 5.74) is 8.65. The van der Waals surface area contributed by atoms with Gasteiger partial charge in [0.2, 0.25) is 0 Å². The quantitative estimate of drug-likeness (QED) is 0.622. The first-order valence-corrected chi connectivity index (χ1v) is 5.64. The van der Waals surface area contributed by atoms with Crippen LogP contribution in [0.1, 0.15) is 5.56 Å². The minimum absolute atomic E-state index is 0.00124. The van der Waals surface area contributed by atoms with Crippen molar-refractivity contribution in [1.29, 1.82) is 0 Å². The van der Waals surface area contributed by atoms with E-state index in [1.54, 1.807) is 12.1 Å². The second-order valence-electron chi connectivity index (χ2n) is 4.05. The van der Waals surface area contributed by atoms with Crippen molar-refractivity contribution in [3.8, 4) is 22.6 Å². The van der Waals surface area contributed by atoms with Gasteiger partial charge in [-0.1, -0.05) is 18.2 Å². The molecular weight excluding hydrogens is 230 g/mol. The molecule has 0 saturated carbocycles. The molecule has 2 aromatic carbocycles. The number of phenols is 2. The van der Waals surface area contributed by atoms with Crippen LogP contribution >= 0.6 is 0 Å². The molecule has 0 unspecified atom stereocenters. The summed E-state index contributed by atoms with van der Waals surface area (Å²) in [6, 6.07) is 9.83. The molecule has 0 heterocycles. The highest BCUT2D eigenvalue weighted by molar-refractivity contribution is 5.82. The molecule has 4 heteroatoms. The maximum atomic E-state index is 9.83. The first-order chi connectivity index (χ1) is 8.63. The highest BCUT2D eigenvalue weighted by atomic mass is 16.3. The summed E-state index contributed by atoms with van der Waals surface area (Å²) < 4.78 is 0. The third-order valence-electron chi connectivity index (χ3n) is 2.85. The lowest BCUT2D eigenvalue weighted by molar-refractivity contribution is 0.300. The summed E-state index contributed by atoms with van der Waals surface area (Å²) in [4.78, 5) is 0. The van der Waals surface area contributed by atoms with Crippen LogP contribution in [0.25, 0.3) is 11.1 Å². The summed E-state index contributed by atoms with van der Waals surface area (Å²) in [7, 11) is 0. The third-order valence-corrected chi connectivity index (χ3v) is 2.85. The molecule has 0 aliphatic carbocycles. The van der Waals surface area contributed by atoms with Crippen LogP contribution in [0.15, 0.2) is 36.4 Å². The number of aliphatic hydroxyl groups excluding tert-OH is 1. The molecule has 18 heavy (non-hydrogen) atoms. The normalized spacial score (nSPS) is 10.5. The Morgan fingerprint density at radius 2 is 1.78 bits per heavy atom. The van der Waals surface area contributed by atoms with Gasteiger partial charge in [-0.3, -0.25) is 0 Å². The standard InChI is InChI=1S/C14H15NO3/c15-14-9(6-7-16)2-1-3-12(14)11-5-4-10(17)8-13(11)18/h1-5,8,16-18H,6-7,15H2. The van der Waals surface area contributed by atoms with Gasteiger partial charge >= 0.3 is 0 Å². The van der Waals surface area contributed by atoms with Gasteiger partial charge in [0.25, 0.3) is 0 Å². The van der Waals surface area contributed by atoms with Crippen molar-refractivity contribution in [2.24, 2.45) is 0 Å². The van der Waals surface area contributed by atoms with Crippen LogP contribution < -0.4 is 5.73 Å². The molecule has 0 atom stereocenters. The fraction of sp³-hybridized carbons (Fsp3) is 0.143. The Morgan fingerprint density at radius 3 is 2.44 bits per heavy atom. The number of aliphatic hydroxyl groups is 1. The van der Waals surface area contributed by atoms with E-state index in [9.17, 15) is 10.2 Å². The van der Waals surface area contributed by atoms with Crippen LogP contribution in [0, 0.1) is 0 Å². The van der Waals surface area contributed by atoms with Gasteiger partial charge in [0, 0.05) is 29.5 Å². The lowest BCUT2D eigenvalue weighted by Crippen LogP contribution is -1.99. The SMILES string of the molecule is Nc1c(CCO)cccc1-c1ccc(O)cc1O. The zero-order valence-electron chi connectivity index (χ0n) is 9.80. The van der Waals surface area contributed by atoms with E-state index in [4.69, 9.17) is 10.8 Å². The molecule has 0 bridgehead atoms. The fourth-order valence-corrected chi connectivity index (χ4v) is 1.93. The van der Waals surface area contributed by atoms with E-state index in [2.05, 4.69) is 0 Å². The first-order valence-electron chi connectivity index (χ1n) is 5.64. The van der Waals surface area contributed by atoms with Gasteiger partial charge in [0.05, 0.1) is 0 Å². The van der Waals surface area contributed by atoms with E-state index >= 15 is 0 Å². The Labute approximate surface area is 105 Å². The molecule has 0 spiro atoms. The molecule has 2 aromatic rings. The molecule has 5 N–H and O–H groups in total. The molecular formula is C14H15NO3. The Morgan fingerprint density at radius 1 is 1.00 bits per heavy atom. The van der Waals surface area contributed by atoms with E-state index in [1.807, 2.05) is 12.1 Å². The van der Waals surface area contributed by atoms with Gasteiger partial charge < -0.3 is 21.1 Å². The third kappa shape index (κ3) is 2.24. The molecule has 0 aliphatic heterocycles. The summed E-state index contributed by atoms with van der Waals surface area (Å²) in [5, 5.41) is 28.1. The molecule has 0 fully saturated rings. The number of nitrogens with two attached hydrogens (primary N) is 1. The summed E-state index contributed by atoms with van der Waals surface area (Å²) in [6.45, 7) is 0.0230. The van der Waals surface area contributed by atoms with Gasteiger partial charge in [0.15, 0.2) is 0 Å². The molecule has 0 saturated heterocycles. The molecule has 94 valence electrons. The molecule has 0 aromatic heterocycles. The maximum Gasteiger partial charge on any atom is 0.127 e. The Hall–Kier alpha value is -2.20. The van der Waals surface area contributed by atoms with Gasteiger partial charge in [-0.25, -0.2) is 0 Å². The molecule has 0 amide bonds. The van der Waals surface area contributed by atoms with E-state index in [0.717, 1.165) is 5.56 Å². The first kappa shape index (κ1) is 12.3. The van der Waals surface area contributed by atoms with Gasteiger partial charge in [0.1, 0.15) is 11.5 Å². The Bertz CT molecular complexity index is 567. The second kappa shape index (κ2) is 4.98. The predicted molar refractivity (Wildman–Crippen MR) is 70.4 cm³/mol. The van der Waals surface area contributed by atoms with Gasteiger partial charge in [-0.2, -0.15) is 0 Å². The molecule has 0 aliphatic rings. The fourth-order valence-electron chi connectivity index (χ4n) is 1.93. The number of aromatic hydroxyl groups is 2. The Balaban J connectivity index is 2.53. The van der Waals surface area contributed by atoms with Crippen molar-refractivity contribution in [3.63, 3.8) is 0 Å². The van der Waals surface area contributed by atoms with Crippen LogP contribution in [-0.4, -0.2) is 21.9 Å². The minimum Gasteiger partial charge on any atom is -0.508 e. The number of hydrogen-bond donors (Lipinski definition) is 4. The van der Waals surface area contributed by atoms with Crippen LogP contribution in [0.5, 0.6) is 11.5 Å². The lowest BCUT2D eigenvalue weighted by atomic mass is 9.98. The van der Waals surface area contributed by atoms with E-state index in [1.165, 1.54) is 12.1 Å². The van der Waals surface area contributed by atoms with E-state index in [0.29, 0.717) is 23.2 Å². The van der Waals surface area contributed by atoms with Crippen LogP contribution in [0.2, 0.25) is 0 Å². The number of phenolic OH excluding ortho intramolecular Hbond substituents is 2. The number of rotatable bonds is 3. The average Bonchev–Trinajstić information content (AvgIpc) is 2.33. The minimum atomic E-state index is -0.0251. The largest absolute Gasteiger partial charge is 0.508 e. The van der Waals surface area contributed by atoms with Crippen molar-refractivity contribution in [2.45, 2.75) is 6.42 Å². The zero-order chi connectivity index (χ0) is 13.1. The number of anilines is 1. The van der Waals surface area contributed by atoms with Gasteiger partial charge in [-0.05, 0) is 24.1 Å². The predicted octanol–water partition coefficient (Wildman–Crippen LogP) is 1.88. The topological polar surface area (TPSA) is 86.7 Å². The Kier molecular flexibility index (Phi) is 3.39. The smallest absolute Gasteiger partial charge is 0.127 e.